The van der Waals surface area contributed by atoms with E-state index in [1.54, 1.807) is 6.55 Å². The van der Waals surface area contributed by atoms with Gasteiger partial charge >= 0.3 is 52.2 Å². The third-order valence-corrected chi connectivity index (χ3v) is 21.0. The highest BCUT2D eigenvalue weighted by molar-refractivity contribution is 6.93. The minimum Gasteiger partial charge on any atom is -0.427 e. The number of rotatable bonds is 8. The van der Waals surface area contributed by atoms with Gasteiger partial charge in [-0.25, -0.2) is 9.18 Å². The van der Waals surface area contributed by atoms with Crippen LogP contribution < -0.4 is 0 Å². The van der Waals surface area contributed by atoms with Crippen LogP contribution in [0.5, 0.6) is 0 Å². The summed E-state index contributed by atoms with van der Waals surface area (Å²) in [5, 5.41) is 0. The fraction of sp³-hybridized carbons (Fsp3) is 0.933. The van der Waals surface area contributed by atoms with Gasteiger partial charge in [0.15, 0.2) is 6.67 Å². The minimum atomic E-state index is -5.69. The molecule has 0 aromatic rings. The third-order valence-electron chi connectivity index (χ3n) is 4.05. The van der Waals surface area contributed by atoms with Crippen LogP contribution in [0.4, 0.5) is 22.0 Å². The van der Waals surface area contributed by atoms with Crippen molar-refractivity contribution in [1.29, 1.82) is 0 Å². The van der Waals surface area contributed by atoms with Gasteiger partial charge in [-0.1, -0.05) is 23.2 Å². The molecule has 1 aliphatic heterocycles. The predicted molar refractivity (Wildman–Crippen MR) is 120 cm³/mol. The molecular weight excluding hydrogens is 570 g/mol. The average molecular weight is 600 g/mol. The molecule has 196 valence electrons. The fourth-order valence-corrected chi connectivity index (χ4v) is 25.7. The number of hydrogen-bond acceptors (Lipinski definition) is 7. The summed E-state index contributed by atoms with van der Waals surface area (Å²) in [6, 6.07) is 0.107. The summed E-state index contributed by atoms with van der Waals surface area (Å²) in [5.41, 5.74) is 0. The lowest BCUT2D eigenvalue weighted by molar-refractivity contribution is -0.335. The molecule has 0 radical (unpaired) electrons. The zero-order chi connectivity index (χ0) is 26.1. The van der Waals surface area contributed by atoms with Gasteiger partial charge in [0.2, 0.25) is 0 Å². The standard InChI is InChI=1S/C15H29Cl2F5O7Si4/c1-30(2)26-31(3,4)28-33(7,29-32(5,6)27-30)9-8-14(16,17)25-12(23)10-24-13(19,11-18)15(20,21)22/h8-11H2,1-7H3. The molecular formula is C15H29Cl2F5O7Si4. The molecule has 33 heavy (non-hydrogen) atoms. The van der Waals surface area contributed by atoms with E-state index in [1.165, 1.54) is 0 Å². The largest absolute Gasteiger partial charge is 0.451 e. The van der Waals surface area contributed by atoms with Crippen LogP contribution in [0.2, 0.25) is 51.9 Å². The summed E-state index contributed by atoms with van der Waals surface area (Å²) >= 11 is 12.0. The molecule has 1 saturated heterocycles. The quantitative estimate of drug-likeness (QED) is 0.157. The van der Waals surface area contributed by atoms with Gasteiger partial charge in [0.05, 0.1) is 0 Å². The van der Waals surface area contributed by atoms with Crippen molar-refractivity contribution in [3.05, 3.63) is 0 Å². The van der Waals surface area contributed by atoms with Gasteiger partial charge in [-0.15, -0.1) is 0 Å². The van der Waals surface area contributed by atoms with Crippen molar-refractivity contribution in [3.8, 4) is 0 Å². The predicted octanol–water partition coefficient (Wildman–Crippen LogP) is 5.52. The Labute approximate surface area is 204 Å². The lowest BCUT2D eigenvalue weighted by Gasteiger charge is -2.47. The van der Waals surface area contributed by atoms with Crippen LogP contribution in [0.3, 0.4) is 0 Å². The molecule has 0 spiro atoms. The molecule has 7 nitrogen and oxygen atoms in total. The van der Waals surface area contributed by atoms with Crippen LogP contribution in [0.1, 0.15) is 6.42 Å². The molecule has 0 bridgehead atoms. The molecule has 0 N–H and O–H groups in total. The van der Waals surface area contributed by atoms with Crippen molar-refractivity contribution in [2.24, 2.45) is 0 Å². The summed E-state index contributed by atoms with van der Waals surface area (Å²) in [5.74, 6) is -6.17. The summed E-state index contributed by atoms with van der Waals surface area (Å²) in [6.07, 6.45) is -5.92. The van der Waals surface area contributed by atoms with E-state index in [9.17, 15) is 26.7 Å². The Kier molecular flexibility index (Phi) is 9.88. The van der Waals surface area contributed by atoms with Crippen LogP contribution >= 0.6 is 23.2 Å². The molecule has 1 aliphatic rings. The number of carbonyl (C=O) groups excluding carboxylic acids is 1. The van der Waals surface area contributed by atoms with Gasteiger partial charge in [-0.05, 0) is 51.9 Å². The Morgan fingerprint density at radius 3 is 1.67 bits per heavy atom. The number of alkyl halides is 7. The Bertz CT molecular complexity index is 693. The van der Waals surface area contributed by atoms with Crippen LogP contribution in [0.25, 0.3) is 0 Å². The van der Waals surface area contributed by atoms with Crippen molar-refractivity contribution >= 4 is 63.4 Å². The van der Waals surface area contributed by atoms with Gasteiger partial charge in [0.1, 0.15) is 6.61 Å². The highest BCUT2D eigenvalue weighted by Gasteiger charge is 2.59. The number of carbonyl (C=O) groups is 1. The molecule has 1 atom stereocenters. The Morgan fingerprint density at radius 2 is 1.27 bits per heavy atom. The molecule has 1 rings (SSSR count). The number of hydrogen-bond donors (Lipinski definition) is 0. The maximum atomic E-state index is 13.5. The maximum absolute atomic E-state index is 13.5. The molecule has 1 heterocycles. The molecule has 0 amide bonds. The second-order valence-corrected chi connectivity index (χ2v) is 24.8. The number of ether oxygens (including phenoxy) is 2. The fourth-order valence-electron chi connectivity index (χ4n) is 3.40. The highest BCUT2D eigenvalue weighted by atomic mass is 35.5. The first-order valence-corrected chi connectivity index (χ1v) is 21.5. The van der Waals surface area contributed by atoms with Crippen molar-refractivity contribution in [3.63, 3.8) is 0 Å². The molecule has 0 saturated carbocycles. The number of halogens is 7. The van der Waals surface area contributed by atoms with Gasteiger partial charge in [0, 0.05) is 6.42 Å². The normalized spacial score (nSPS) is 24.3. The first kappa shape index (κ1) is 31.4. The molecule has 0 aromatic carbocycles. The summed E-state index contributed by atoms with van der Waals surface area (Å²) in [4.78, 5) is 11.8. The summed E-state index contributed by atoms with van der Waals surface area (Å²) < 4.78 is 94.8. The van der Waals surface area contributed by atoms with Crippen LogP contribution in [0.15, 0.2) is 0 Å². The minimum absolute atomic E-state index is 0.107. The Morgan fingerprint density at radius 1 is 0.848 bits per heavy atom. The second kappa shape index (κ2) is 10.4. The zero-order valence-corrected chi connectivity index (χ0v) is 24.8. The Hall–Kier alpha value is 0.368. The van der Waals surface area contributed by atoms with E-state index in [-0.39, 0.29) is 12.5 Å². The van der Waals surface area contributed by atoms with E-state index < -0.39 is 70.0 Å². The highest BCUT2D eigenvalue weighted by Crippen LogP contribution is 2.38. The van der Waals surface area contributed by atoms with Crippen molar-refractivity contribution in [2.45, 2.75) is 74.8 Å². The van der Waals surface area contributed by atoms with Gasteiger partial charge in [0.25, 0.3) is 4.52 Å². The second-order valence-electron chi connectivity index (χ2n) is 9.00. The zero-order valence-electron chi connectivity index (χ0n) is 19.3. The maximum Gasteiger partial charge on any atom is 0.451 e. The van der Waals surface area contributed by atoms with E-state index in [0.717, 1.165) is 0 Å². The van der Waals surface area contributed by atoms with Gasteiger partial charge in [-0.2, -0.15) is 17.6 Å². The van der Waals surface area contributed by atoms with Gasteiger partial charge in [-0.3, -0.25) is 0 Å². The topological polar surface area (TPSA) is 72.5 Å². The van der Waals surface area contributed by atoms with Crippen molar-refractivity contribution < 1.29 is 52.7 Å². The first-order chi connectivity index (χ1) is 14.4. The Balaban J connectivity index is 2.82. The third kappa shape index (κ3) is 10.1. The molecule has 1 unspecified atom stereocenters. The van der Waals surface area contributed by atoms with E-state index in [0.29, 0.717) is 0 Å². The monoisotopic (exact) mass is 598 g/mol. The summed E-state index contributed by atoms with van der Waals surface area (Å²) in [7, 11) is -10.9. The summed E-state index contributed by atoms with van der Waals surface area (Å²) in [6.45, 7) is 8.76. The molecule has 0 aliphatic carbocycles. The van der Waals surface area contributed by atoms with Crippen LogP contribution in [-0.4, -0.2) is 70.0 Å². The van der Waals surface area contributed by atoms with E-state index in [4.69, 9.17) is 44.4 Å². The van der Waals surface area contributed by atoms with Gasteiger partial charge < -0.3 is 25.9 Å². The molecule has 18 heteroatoms. The van der Waals surface area contributed by atoms with E-state index in [2.05, 4.69) is 4.74 Å². The first-order valence-electron chi connectivity index (χ1n) is 9.80. The average Bonchev–Trinajstić information content (AvgIpc) is 2.52. The molecule has 1 fully saturated rings. The molecule has 0 aromatic heterocycles. The van der Waals surface area contributed by atoms with Crippen LogP contribution in [-0.2, 0) is 30.7 Å². The van der Waals surface area contributed by atoms with Crippen LogP contribution in [0, 0.1) is 0 Å². The number of esters is 1. The van der Waals surface area contributed by atoms with Crippen molar-refractivity contribution in [1.82, 2.24) is 0 Å². The lowest BCUT2D eigenvalue weighted by Crippen LogP contribution is -2.65. The van der Waals surface area contributed by atoms with E-state index in [1.807, 2.05) is 39.3 Å². The smallest absolute Gasteiger partial charge is 0.427 e. The van der Waals surface area contributed by atoms with E-state index >= 15 is 0 Å². The van der Waals surface area contributed by atoms with Crippen molar-refractivity contribution in [2.75, 3.05) is 13.3 Å². The SMILES string of the molecule is C[Si]1(C)O[Si](C)(C)O[Si](C)(CCC(Cl)(Cl)OC(=O)COC(F)(CF)C(F)(F)F)O[Si](C)(C)O1. The lowest BCUT2D eigenvalue weighted by atomic mass is 10.3.